The molecule has 3 heterocycles. The molecule has 3 aromatic rings. The van der Waals surface area contributed by atoms with Crippen LogP contribution in [0.2, 0.25) is 0 Å². The van der Waals surface area contributed by atoms with E-state index in [0.29, 0.717) is 31.7 Å². The molecule has 2 aromatic carbocycles. The first-order chi connectivity index (χ1) is 16.9. The fraction of sp³-hybridized carbons (Fsp3) is 0.240. The fourth-order valence-corrected chi connectivity index (χ4v) is 5.84. The molecule has 180 valence electrons. The molecular formula is C25H24N4O5S. The number of amides is 2. The SMILES string of the molecule is COc1ccccc1N1CCN(S(=O)(=O)c2ccc(CN3C(=O)c4cccnc4C3=O)cc2)CC1. The zero-order chi connectivity index (χ0) is 24.6. The van der Waals surface area contributed by atoms with Crippen LogP contribution >= 0.6 is 0 Å². The first kappa shape index (κ1) is 23.0. The van der Waals surface area contributed by atoms with E-state index in [4.69, 9.17) is 4.74 Å². The van der Waals surface area contributed by atoms with E-state index in [1.54, 1.807) is 31.4 Å². The van der Waals surface area contributed by atoms with Crippen molar-refractivity contribution in [2.45, 2.75) is 11.4 Å². The predicted molar refractivity (Wildman–Crippen MR) is 129 cm³/mol. The van der Waals surface area contributed by atoms with E-state index < -0.39 is 21.8 Å². The summed E-state index contributed by atoms with van der Waals surface area (Å²) in [7, 11) is -2.06. The van der Waals surface area contributed by atoms with Crippen molar-refractivity contribution >= 4 is 27.5 Å². The van der Waals surface area contributed by atoms with Gasteiger partial charge in [0.05, 0.1) is 29.8 Å². The number of sulfonamides is 1. The maximum absolute atomic E-state index is 13.2. The summed E-state index contributed by atoms with van der Waals surface area (Å²) >= 11 is 0. The highest BCUT2D eigenvalue weighted by molar-refractivity contribution is 7.89. The molecule has 1 aromatic heterocycles. The highest BCUT2D eigenvalue weighted by Crippen LogP contribution is 2.29. The third kappa shape index (κ3) is 4.15. The largest absolute Gasteiger partial charge is 0.495 e. The third-order valence-electron chi connectivity index (χ3n) is 6.30. The molecule has 9 nitrogen and oxygen atoms in total. The van der Waals surface area contributed by atoms with Gasteiger partial charge in [0.15, 0.2) is 0 Å². The number of hydrogen-bond acceptors (Lipinski definition) is 7. The van der Waals surface area contributed by atoms with Crippen molar-refractivity contribution in [3.05, 3.63) is 83.7 Å². The number of para-hydroxylation sites is 2. The quantitative estimate of drug-likeness (QED) is 0.487. The summed E-state index contributed by atoms with van der Waals surface area (Å²) in [5, 5.41) is 0. The lowest BCUT2D eigenvalue weighted by molar-refractivity contribution is 0.0640. The summed E-state index contributed by atoms with van der Waals surface area (Å²) in [5.41, 5.74) is 2.02. The summed E-state index contributed by atoms with van der Waals surface area (Å²) in [6.45, 7) is 1.84. The molecule has 0 radical (unpaired) electrons. The Kier molecular flexibility index (Phi) is 6.00. The van der Waals surface area contributed by atoms with Gasteiger partial charge in [0.25, 0.3) is 11.8 Å². The second kappa shape index (κ2) is 9.12. The zero-order valence-corrected chi connectivity index (χ0v) is 19.9. The van der Waals surface area contributed by atoms with Crippen LogP contribution in [0, 0.1) is 0 Å². The molecule has 10 heteroatoms. The van der Waals surface area contributed by atoms with E-state index in [9.17, 15) is 18.0 Å². The Balaban J connectivity index is 1.26. The van der Waals surface area contributed by atoms with Crippen LogP contribution in [0.5, 0.6) is 5.75 Å². The van der Waals surface area contributed by atoms with Gasteiger partial charge in [0.1, 0.15) is 11.4 Å². The Morgan fingerprint density at radius 1 is 0.886 bits per heavy atom. The molecule has 2 aliphatic rings. The third-order valence-corrected chi connectivity index (χ3v) is 8.21. The van der Waals surface area contributed by atoms with Crippen molar-refractivity contribution in [3.8, 4) is 5.75 Å². The molecular weight excluding hydrogens is 468 g/mol. The van der Waals surface area contributed by atoms with E-state index in [2.05, 4.69) is 9.88 Å². The highest BCUT2D eigenvalue weighted by atomic mass is 32.2. The molecule has 1 saturated heterocycles. The zero-order valence-electron chi connectivity index (χ0n) is 19.1. The molecule has 35 heavy (non-hydrogen) atoms. The molecule has 2 amide bonds. The van der Waals surface area contributed by atoms with E-state index in [0.717, 1.165) is 16.3 Å². The molecule has 0 N–H and O–H groups in total. The number of methoxy groups -OCH3 is 1. The monoisotopic (exact) mass is 492 g/mol. The van der Waals surface area contributed by atoms with E-state index in [1.165, 1.54) is 22.6 Å². The van der Waals surface area contributed by atoms with Gasteiger partial charge < -0.3 is 9.64 Å². The molecule has 0 bridgehead atoms. The molecule has 0 atom stereocenters. The van der Waals surface area contributed by atoms with Crippen LogP contribution in [0.15, 0.2) is 71.8 Å². The Morgan fingerprint density at radius 2 is 1.60 bits per heavy atom. The first-order valence-electron chi connectivity index (χ1n) is 11.2. The Hall–Kier alpha value is -3.76. The van der Waals surface area contributed by atoms with Crippen molar-refractivity contribution < 1.29 is 22.7 Å². The topological polar surface area (TPSA) is 100 Å². The number of rotatable bonds is 6. The number of pyridine rings is 1. The smallest absolute Gasteiger partial charge is 0.280 e. The first-order valence-corrected chi connectivity index (χ1v) is 12.6. The van der Waals surface area contributed by atoms with Crippen LogP contribution < -0.4 is 9.64 Å². The van der Waals surface area contributed by atoms with Crippen molar-refractivity contribution in [3.63, 3.8) is 0 Å². The number of piperazine rings is 1. The maximum atomic E-state index is 13.2. The fourth-order valence-electron chi connectivity index (χ4n) is 4.42. The van der Waals surface area contributed by atoms with Gasteiger partial charge in [-0.1, -0.05) is 24.3 Å². The summed E-state index contributed by atoms with van der Waals surface area (Å²) < 4.78 is 33.3. The van der Waals surface area contributed by atoms with Crippen molar-refractivity contribution in [2.24, 2.45) is 0 Å². The lowest BCUT2D eigenvalue weighted by atomic mass is 10.2. The van der Waals surface area contributed by atoms with Gasteiger partial charge >= 0.3 is 0 Å². The van der Waals surface area contributed by atoms with Crippen LogP contribution in [-0.4, -0.2) is 67.7 Å². The second-order valence-electron chi connectivity index (χ2n) is 8.30. The molecule has 0 unspecified atom stereocenters. The van der Waals surface area contributed by atoms with Crippen LogP contribution in [0.4, 0.5) is 5.69 Å². The molecule has 2 aliphatic heterocycles. The lowest BCUT2D eigenvalue weighted by Crippen LogP contribution is -2.48. The Labute approximate surface area is 203 Å². The number of anilines is 1. The van der Waals surface area contributed by atoms with Crippen LogP contribution in [0.25, 0.3) is 0 Å². The number of carbonyl (C=O) groups is 2. The molecule has 5 rings (SSSR count). The lowest BCUT2D eigenvalue weighted by Gasteiger charge is -2.35. The van der Waals surface area contributed by atoms with Gasteiger partial charge in [-0.2, -0.15) is 4.31 Å². The van der Waals surface area contributed by atoms with Crippen molar-refractivity contribution in [2.75, 3.05) is 38.2 Å². The average Bonchev–Trinajstić information content (AvgIpc) is 3.14. The van der Waals surface area contributed by atoms with Gasteiger partial charge in [0.2, 0.25) is 10.0 Å². The minimum absolute atomic E-state index is 0.0476. The highest BCUT2D eigenvalue weighted by Gasteiger charge is 2.36. The molecule has 1 fully saturated rings. The van der Waals surface area contributed by atoms with Gasteiger partial charge in [-0.25, -0.2) is 8.42 Å². The van der Waals surface area contributed by atoms with Crippen molar-refractivity contribution in [1.29, 1.82) is 0 Å². The van der Waals surface area contributed by atoms with Crippen LogP contribution in [0.3, 0.4) is 0 Å². The minimum atomic E-state index is -3.67. The summed E-state index contributed by atoms with van der Waals surface area (Å²) in [6.07, 6.45) is 1.48. The maximum Gasteiger partial charge on any atom is 0.280 e. The number of carbonyl (C=O) groups excluding carboxylic acids is 2. The summed E-state index contributed by atoms with van der Waals surface area (Å²) in [6, 6.07) is 17.2. The summed E-state index contributed by atoms with van der Waals surface area (Å²) in [4.78, 5) is 32.5. The standard InChI is InChI=1S/C25H24N4O5S/c1-34-22-7-3-2-6-21(22)27-13-15-28(16-14-27)35(32,33)19-10-8-18(9-11-19)17-29-24(30)20-5-4-12-26-23(20)25(29)31/h2-12H,13-17H2,1H3. The van der Waals surface area contributed by atoms with Gasteiger partial charge in [-0.15, -0.1) is 0 Å². The van der Waals surface area contributed by atoms with Crippen molar-refractivity contribution in [1.82, 2.24) is 14.2 Å². The van der Waals surface area contributed by atoms with Crippen LogP contribution in [-0.2, 0) is 16.6 Å². The van der Waals surface area contributed by atoms with E-state index in [1.807, 2.05) is 24.3 Å². The molecule has 0 spiro atoms. The van der Waals surface area contributed by atoms with Gasteiger partial charge in [0, 0.05) is 32.4 Å². The predicted octanol–water partition coefficient (Wildman–Crippen LogP) is 2.40. The van der Waals surface area contributed by atoms with Crippen LogP contribution in [0.1, 0.15) is 26.4 Å². The van der Waals surface area contributed by atoms with E-state index in [-0.39, 0.29) is 22.7 Å². The Bertz CT molecular complexity index is 1350. The van der Waals surface area contributed by atoms with Gasteiger partial charge in [-0.3, -0.25) is 19.5 Å². The second-order valence-corrected chi connectivity index (χ2v) is 10.2. The number of aromatic nitrogens is 1. The van der Waals surface area contributed by atoms with E-state index >= 15 is 0 Å². The molecule has 0 saturated carbocycles. The number of imide groups is 1. The number of ether oxygens (including phenoxy) is 1. The average molecular weight is 493 g/mol. The summed E-state index contributed by atoms with van der Waals surface area (Å²) in [5.74, 6) is -0.0915. The number of hydrogen-bond donors (Lipinski definition) is 0. The minimum Gasteiger partial charge on any atom is -0.495 e. The number of benzene rings is 2. The normalized spacial score (nSPS) is 16.5. The number of fused-ring (bicyclic) bond motifs is 1. The van der Waals surface area contributed by atoms with Gasteiger partial charge in [-0.05, 0) is 42.0 Å². The number of nitrogens with zero attached hydrogens (tertiary/aromatic N) is 4. The Morgan fingerprint density at radius 3 is 2.29 bits per heavy atom. The molecule has 0 aliphatic carbocycles.